The van der Waals surface area contributed by atoms with Crippen LogP contribution in [0.4, 0.5) is 5.69 Å². The highest BCUT2D eigenvalue weighted by molar-refractivity contribution is 7.89. The summed E-state index contributed by atoms with van der Waals surface area (Å²) in [5, 5.41) is 11.1. The first kappa shape index (κ1) is 18.7. The number of nitrogens with zero attached hydrogens (tertiary/aromatic N) is 2. The van der Waals surface area contributed by atoms with Gasteiger partial charge in [0.05, 0.1) is 21.6 Å². The molecular weight excluding hydrogens is 366 g/mol. The van der Waals surface area contributed by atoms with Crippen molar-refractivity contribution in [2.75, 3.05) is 0 Å². The van der Waals surface area contributed by atoms with E-state index in [1.54, 1.807) is 55.6 Å². The number of aromatic nitrogens is 1. The number of nitro benzene ring substituents is 1. The third kappa shape index (κ3) is 4.18. The van der Waals surface area contributed by atoms with Gasteiger partial charge in [0.15, 0.2) is 0 Å². The molecule has 138 valence electrons. The summed E-state index contributed by atoms with van der Waals surface area (Å²) in [5.74, 6) is 0. The van der Waals surface area contributed by atoms with Gasteiger partial charge in [-0.15, -0.1) is 0 Å². The largest absolute Gasteiger partial charge is 0.273 e. The lowest BCUT2D eigenvalue weighted by molar-refractivity contribution is -0.385. The minimum atomic E-state index is -4.02. The Kier molecular flexibility index (Phi) is 5.29. The van der Waals surface area contributed by atoms with Crippen LogP contribution in [0.25, 0.3) is 0 Å². The van der Waals surface area contributed by atoms with Crippen molar-refractivity contribution in [1.29, 1.82) is 0 Å². The molecular formula is C19H17N3O4S. The van der Waals surface area contributed by atoms with Crippen molar-refractivity contribution in [3.8, 4) is 0 Å². The van der Waals surface area contributed by atoms with Gasteiger partial charge in [-0.05, 0) is 30.7 Å². The molecule has 0 amide bonds. The quantitative estimate of drug-likeness (QED) is 0.519. The van der Waals surface area contributed by atoms with Crippen LogP contribution in [0.2, 0.25) is 0 Å². The summed E-state index contributed by atoms with van der Waals surface area (Å²) in [7, 11) is -4.02. The highest BCUT2D eigenvalue weighted by Gasteiger charge is 2.25. The van der Waals surface area contributed by atoms with Crippen molar-refractivity contribution in [2.45, 2.75) is 17.9 Å². The number of rotatable bonds is 6. The molecule has 0 fully saturated rings. The highest BCUT2D eigenvalue weighted by Crippen LogP contribution is 2.26. The monoisotopic (exact) mass is 383 g/mol. The normalized spacial score (nSPS) is 12.5. The molecule has 0 saturated carbocycles. The van der Waals surface area contributed by atoms with E-state index in [0.29, 0.717) is 16.8 Å². The summed E-state index contributed by atoms with van der Waals surface area (Å²) in [6, 6.07) is 17.4. The van der Waals surface area contributed by atoms with E-state index in [9.17, 15) is 18.5 Å². The number of nitrogens with one attached hydrogen (secondary N) is 1. The first-order valence-corrected chi connectivity index (χ1v) is 9.60. The third-order valence-electron chi connectivity index (χ3n) is 4.08. The van der Waals surface area contributed by atoms with E-state index < -0.39 is 21.0 Å². The maximum Gasteiger partial charge on any atom is 0.273 e. The second-order valence-corrected chi connectivity index (χ2v) is 7.64. The van der Waals surface area contributed by atoms with Crippen LogP contribution < -0.4 is 4.72 Å². The van der Waals surface area contributed by atoms with Crippen LogP contribution in [0.3, 0.4) is 0 Å². The minimum Gasteiger partial charge on any atom is -0.259 e. The number of hydrogen-bond donors (Lipinski definition) is 1. The van der Waals surface area contributed by atoms with Crippen LogP contribution in [0.5, 0.6) is 0 Å². The van der Waals surface area contributed by atoms with Crippen molar-refractivity contribution < 1.29 is 13.3 Å². The van der Waals surface area contributed by atoms with Gasteiger partial charge in [0, 0.05) is 17.8 Å². The van der Waals surface area contributed by atoms with Gasteiger partial charge in [0.25, 0.3) is 5.69 Å². The predicted molar refractivity (Wildman–Crippen MR) is 101 cm³/mol. The van der Waals surface area contributed by atoms with Gasteiger partial charge in [-0.1, -0.05) is 42.5 Å². The van der Waals surface area contributed by atoms with Crippen LogP contribution in [-0.4, -0.2) is 18.3 Å². The lowest BCUT2D eigenvalue weighted by atomic mass is 10.0. The van der Waals surface area contributed by atoms with Gasteiger partial charge < -0.3 is 0 Å². The van der Waals surface area contributed by atoms with E-state index in [4.69, 9.17) is 0 Å². The number of nitro groups is 1. The molecule has 1 atom stereocenters. The van der Waals surface area contributed by atoms with Gasteiger partial charge in [-0.3, -0.25) is 15.1 Å². The van der Waals surface area contributed by atoms with Crippen LogP contribution in [0, 0.1) is 17.0 Å². The van der Waals surface area contributed by atoms with Gasteiger partial charge in [-0.25, -0.2) is 8.42 Å². The number of benzene rings is 2. The van der Waals surface area contributed by atoms with Crippen molar-refractivity contribution in [3.05, 3.63) is 99.9 Å². The smallest absolute Gasteiger partial charge is 0.259 e. The molecule has 8 heteroatoms. The van der Waals surface area contributed by atoms with Crippen LogP contribution in [-0.2, 0) is 10.0 Å². The van der Waals surface area contributed by atoms with E-state index in [1.165, 1.54) is 12.1 Å². The summed E-state index contributed by atoms with van der Waals surface area (Å²) in [6.45, 7) is 1.56. The summed E-state index contributed by atoms with van der Waals surface area (Å²) in [4.78, 5) is 14.6. The minimum absolute atomic E-state index is 0.170. The Morgan fingerprint density at radius 2 is 1.74 bits per heavy atom. The fourth-order valence-corrected chi connectivity index (χ4v) is 3.88. The molecule has 0 bridgehead atoms. The zero-order chi connectivity index (χ0) is 19.4. The molecule has 0 aliphatic heterocycles. The Labute approximate surface area is 156 Å². The van der Waals surface area contributed by atoms with E-state index in [1.807, 2.05) is 6.07 Å². The SMILES string of the molecule is Cc1ccc(S(=O)(=O)NC(c2ccccc2)c2ccccn2)cc1[N+](=O)[O-]. The summed E-state index contributed by atoms with van der Waals surface area (Å²) in [5.41, 5.74) is 1.38. The molecule has 0 saturated heterocycles. The molecule has 27 heavy (non-hydrogen) atoms. The Balaban J connectivity index is 2.03. The molecule has 1 unspecified atom stereocenters. The summed E-state index contributed by atoms with van der Waals surface area (Å²) in [6.07, 6.45) is 1.58. The molecule has 2 aromatic carbocycles. The van der Waals surface area contributed by atoms with Gasteiger partial charge >= 0.3 is 0 Å². The topological polar surface area (TPSA) is 102 Å². The molecule has 7 nitrogen and oxygen atoms in total. The standard InChI is InChI=1S/C19H17N3O4S/c1-14-10-11-16(13-18(14)22(23)24)27(25,26)21-19(15-7-3-2-4-8-15)17-9-5-6-12-20-17/h2-13,19,21H,1H3. The van der Waals surface area contributed by atoms with Crippen LogP contribution in [0.15, 0.2) is 77.8 Å². The fraction of sp³-hybridized carbons (Fsp3) is 0.105. The molecule has 3 rings (SSSR count). The molecule has 0 spiro atoms. The van der Waals surface area contributed by atoms with Crippen molar-refractivity contribution in [2.24, 2.45) is 0 Å². The fourth-order valence-electron chi connectivity index (χ4n) is 2.67. The molecule has 3 aromatic rings. The van der Waals surface area contributed by atoms with Gasteiger partial charge in [-0.2, -0.15) is 4.72 Å². The van der Waals surface area contributed by atoms with Crippen molar-refractivity contribution >= 4 is 15.7 Å². The number of sulfonamides is 1. The Bertz CT molecular complexity index is 1020. The van der Waals surface area contributed by atoms with E-state index >= 15 is 0 Å². The second-order valence-electron chi connectivity index (χ2n) is 5.92. The molecule has 0 aliphatic carbocycles. The van der Waals surface area contributed by atoms with Gasteiger partial charge in [0.1, 0.15) is 0 Å². The van der Waals surface area contributed by atoms with Gasteiger partial charge in [0.2, 0.25) is 10.0 Å². The zero-order valence-electron chi connectivity index (χ0n) is 14.4. The van der Waals surface area contributed by atoms with Crippen molar-refractivity contribution in [1.82, 2.24) is 9.71 Å². The molecule has 1 N–H and O–H groups in total. The zero-order valence-corrected chi connectivity index (χ0v) is 15.3. The predicted octanol–water partition coefficient (Wildman–Crippen LogP) is 3.37. The first-order valence-electron chi connectivity index (χ1n) is 8.12. The lowest BCUT2D eigenvalue weighted by Gasteiger charge is -2.19. The Morgan fingerprint density at radius 1 is 1.04 bits per heavy atom. The average Bonchev–Trinajstić information content (AvgIpc) is 2.67. The molecule has 1 heterocycles. The highest BCUT2D eigenvalue weighted by atomic mass is 32.2. The summed E-state index contributed by atoms with van der Waals surface area (Å²) < 4.78 is 28.4. The average molecular weight is 383 g/mol. The van der Waals surface area contributed by atoms with E-state index in [-0.39, 0.29) is 10.6 Å². The van der Waals surface area contributed by atoms with Crippen LogP contribution >= 0.6 is 0 Å². The van der Waals surface area contributed by atoms with E-state index in [0.717, 1.165) is 6.07 Å². The summed E-state index contributed by atoms with van der Waals surface area (Å²) >= 11 is 0. The third-order valence-corrected chi connectivity index (χ3v) is 5.50. The van der Waals surface area contributed by atoms with Crippen LogP contribution in [0.1, 0.15) is 22.9 Å². The Morgan fingerprint density at radius 3 is 2.37 bits per heavy atom. The number of hydrogen-bond acceptors (Lipinski definition) is 5. The Hall–Kier alpha value is -3.10. The second kappa shape index (κ2) is 7.65. The number of aryl methyl sites for hydroxylation is 1. The molecule has 1 aromatic heterocycles. The van der Waals surface area contributed by atoms with Crippen molar-refractivity contribution in [3.63, 3.8) is 0 Å². The maximum absolute atomic E-state index is 12.9. The molecule has 0 aliphatic rings. The maximum atomic E-state index is 12.9. The lowest BCUT2D eigenvalue weighted by Crippen LogP contribution is -2.30. The number of pyridine rings is 1. The van der Waals surface area contributed by atoms with E-state index in [2.05, 4.69) is 9.71 Å². The molecule has 0 radical (unpaired) electrons. The first-order chi connectivity index (χ1) is 12.9.